The molecule has 4 bridgehead atoms. The van der Waals surface area contributed by atoms with Crippen molar-refractivity contribution < 1.29 is 9.21 Å². The summed E-state index contributed by atoms with van der Waals surface area (Å²) < 4.78 is 5.14. The van der Waals surface area contributed by atoms with Gasteiger partial charge in [0.25, 0.3) is 5.91 Å². The summed E-state index contributed by atoms with van der Waals surface area (Å²) in [6.45, 7) is 0. The topological polar surface area (TPSA) is 55.1 Å². The smallest absolute Gasteiger partial charge is 0.293 e. The van der Waals surface area contributed by atoms with E-state index in [2.05, 4.69) is 10.7 Å². The van der Waals surface area contributed by atoms with Gasteiger partial charge in [-0.05, 0) is 62.5 Å². The second-order valence-corrected chi connectivity index (χ2v) is 9.52. The first-order valence-corrected chi connectivity index (χ1v) is 9.79. The molecule has 4 aliphatic carbocycles. The lowest BCUT2D eigenvalue weighted by Gasteiger charge is -2.59. The summed E-state index contributed by atoms with van der Waals surface area (Å²) in [5.74, 6) is 1.54. The third-order valence-electron chi connectivity index (χ3n) is 6.00. The Balaban J connectivity index is 1.40. The van der Waals surface area contributed by atoms with Crippen LogP contribution < -0.4 is 5.32 Å². The number of hydrogen-bond donors (Lipinski definition) is 1. The van der Waals surface area contributed by atoms with Crippen LogP contribution in [0.2, 0.25) is 0 Å². The van der Waals surface area contributed by atoms with Crippen LogP contribution in [-0.4, -0.2) is 15.8 Å². The summed E-state index contributed by atoms with van der Waals surface area (Å²) in [4.78, 5) is 16.9. The number of carbonyl (C=O) groups is 1. The van der Waals surface area contributed by atoms with Crippen molar-refractivity contribution >= 4 is 34.0 Å². The third kappa shape index (κ3) is 2.32. The molecule has 0 aromatic carbocycles. The SMILES string of the molecule is O=C(Nc1nc(C23C[C@H]4C[C@@H](CC(Cl)(C4)C2)C3)cs1)c1ccco1. The molecule has 0 unspecified atom stereocenters. The Hall–Kier alpha value is -1.33. The molecule has 2 heterocycles. The fourth-order valence-corrected chi connectivity index (χ4v) is 7.11. The van der Waals surface area contributed by atoms with Crippen molar-refractivity contribution in [2.45, 2.75) is 48.8 Å². The number of nitrogens with zero attached hydrogens (tertiary/aromatic N) is 1. The number of carbonyl (C=O) groups excluding carboxylic acids is 1. The lowest BCUT2D eigenvalue weighted by atomic mass is 9.48. The Morgan fingerprint density at radius 3 is 2.79 bits per heavy atom. The largest absolute Gasteiger partial charge is 0.459 e. The van der Waals surface area contributed by atoms with E-state index in [1.165, 1.54) is 49.7 Å². The first kappa shape index (κ1) is 15.0. The van der Waals surface area contributed by atoms with Gasteiger partial charge in [0.1, 0.15) is 0 Å². The van der Waals surface area contributed by atoms with Crippen LogP contribution in [0, 0.1) is 11.8 Å². The molecule has 24 heavy (non-hydrogen) atoms. The second kappa shape index (κ2) is 5.09. The maximum absolute atomic E-state index is 12.1. The summed E-state index contributed by atoms with van der Waals surface area (Å²) in [5, 5.41) is 5.61. The Kier molecular flexibility index (Phi) is 3.17. The minimum Gasteiger partial charge on any atom is -0.459 e. The molecule has 4 aliphatic rings. The first-order chi connectivity index (χ1) is 11.5. The van der Waals surface area contributed by atoms with Crippen molar-refractivity contribution in [3.05, 3.63) is 35.2 Å². The molecule has 0 saturated heterocycles. The highest BCUT2D eigenvalue weighted by atomic mass is 35.5. The maximum atomic E-state index is 12.1. The number of anilines is 1. The molecule has 2 aromatic rings. The molecule has 2 atom stereocenters. The quantitative estimate of drug-likeness (QED) is 0.796. The van der Waals surface area contributed by atoms with Gasteiger partial charge in [-0.25, -0.2) is 4.98 Å². The molecule has 0 radical (unpaired) electrons. The monoisotopic (exact) mass is 362 g/mol. The summed E-state index contributed by atoms with van der Waals surface area (Å²) in [6, 6.07) is 3.36. The molecular weight excluding hydrogens is 344 g/mol. The Morgan fingerprint density at radius 1 is 1.33 bits per heavy atom. The van der Waals surface area contributed by atoms with Crippen LogP contribution in [0.3, 0.4) is 0 Å². The predicted molar refractivity (Wildman–Crippen MR) is 93.7 cm³/mol. The van der Waals surface area contributed by atoms with Crippen LogP contribution in [0.5, 0.6) is 0 Å². The molecule has 6 heteroatoms. The van der Waals surface area contributed by atoms with Crippen LogP contribution in [-0.2, 0) is 5.41 Å². The van der Waals surface area contributed by atoms with E-state index in [0.29, 0.717) is 10.9 Å². The molecule has 0 spiro atoms. The molecule has 2 aromatic heterocycles. The van der Waals surface area contributed by atoms with Crippen molar-refractivity contribution in [1.82, 2.24) is 4.98 Å². The molecule has 1 amide bonds. The zero-order valence-electron chi connectivity index (χ0n) is 13.3. The number of furan rings is 1. The lowest BCUT2D eigenvalue weighted by molar-refractivity contribution is 0.00720. The van der Waals surface area contributed by atoms with Gasteiger partial charge in [0, 0.05) is 15.7 Å². The number of hydrogen-bond acceptors (Lipinski definition) is 4. The number of amides is 1. The summed E-state index contributed by atoms with van der Waals surface area (Å²) in [7, 11) is 0. The van der Waals surface area contributed by atoms with Crippen LogP contribution >= 0.6 is 22.9 Å². The Morgan fingerprint density at radius 2 is 2.12 bits per heavy atom. The standard InChI is InChI=1S/C18H19ClN2O2S/c19-18-7-11-4-12(8-18)6-17(5-11,10-18)14-9-24-16(20-14)21-15(22)13-2-1-3-23-13/h1-3,9,11-12H,4-8,10H2,(H,20,21,22)/t11-,12-,17?,18?/m1/s1. The predicted octanol–water partition coefficient (Wildman–Crippen LogP) is 4.82. The molecule has 1 N–H and O–H groups in total. The molecule has 4 nitrogen and oxygen atoms in total. The van der Waals surface area contributed by atoms with Gasteiger partial charge in [0.05, 0.1) is 12.0 Å². The summed E-state index contributed by atoms with van der Waals surface area (Å²) in [6.07, 6.45) is 8.60. The maximum Gasteiger partial charge on any atom is 0.293 e. The zero-order valence-corrected chi connectivity index (χ0v) is 14.8. The van der Waals surface area contributed by atoms with E-state index in [1.54, 1.807) is 12.1 Å². The molecule has 0 aliphatic heterocycles. The van der Waals surface area contributed by atoms with E-state index in [-0.39, 0.29) is 16.2 Å². The minimum absolute atomic E-state index is 0.0225. The average Bonchev–Trinajstić information content (AvgIpc) is 3.16. The average molecular weight is 363 g/mol. The fraction of sp³-hybridized carbons (Fsp3) is 0.556. The van der Waals surface area contributed by atoms with Crippen LogP contribution in [0.1, 0.15) is 54.8 Å². The summed E-state index contributed by atoms with van der Waals surface area (Å²) >= 11 is 8.42. The highest BCUT2D eigenvalue weighted by Crippen LogP contribution is 2.64. The second-order valence-electron chi connectivity index (χ2n) is 7.86. The number of halogens is 1. The number of nitrogens with one attached hydrogen (secondary N) is 1. The van der Waals surface area contributed by atoms with Gasteiger partial charge in [-0.2, -0.15) is 0 Å². The van der Waals surface area contributed by atoms with E-state index in [9.17, 15) is 4.79 Å². The van der Waals surface area contributed by atoms with E-state index in [1.807, 2.05) is 0 Å². The number of rotatable bonds is 3. The van der Waals surface area contributed by atoms with E-state index < -0.39 is 0 Å². The number of aromatic nitrogens is 1. The van der Waals surface area contributed by atoms with Gasteiger partial charge in [-0.15, -0.1) is 22.9 Å². The number of alkyl halides is 1. The van der Waals surface area contributed by atoms with Crippen molar-refractivity contribution in [2.24, 2.45) is 11.8 Å². The molecule has 4 fully saturated rings. The van der Waals surface area contributed by atoms with Gasteiger partial charge in [-0.3, -0.25) is 10.1 Å². The fourth-order valence-electron chi connectivity index (χ4n) is 5.59. The normalized spacial score (nSPS) is 36.9. The van der Waals surface area contributed by atoms with E-state index >= 15 is 0 Å². The van der Waals surface area contributed by atoms with Gasteiger partial charge in [0.15, 0.2) is 10.9 Å². The molecule has 4 saturated carbocycles. The Labute approximate surface area is 149 Å². The summed E-state index contributed by atoms with van der Waals surface area (Å²) in [5.41, 5.74) is 1.25. The van der Waals surface area contributed by atoms with Crippen molar-refractivity contribution in [1.29, 1.82) is 0 Å². The van der Waals surface area contributed by atoms with E-state index in [0.717, 1.165) is 24.0 Å². The zero-order chi connectivity index (χ0) is 16.4. The van der Waals surface area contributed by atoms with Crippen LogP contribution in [0.4, 0.5) is 5.13 Å². The van der Waals surface area contributed by atoms with Crippen molar-refractivity contribution in [3.63, 3.8) is 0 Å². The highest BCUT2D eigenvalue weighted by molar-refractivity contribution is 7.14. The lowest BCUT2D eigenvalue weighted by Crippen LogP contribution is -2.55. The van der Waals surface area contributed by atoms with E-state index in [4.69, 9.17) is 21.0 Å². The molecule has 126 valence electrons. The van der Waals surface area contributed by atoms with Crippen LogP contribution in [0.15, 0.2) is 28.2 Å². The number of thiazole rings is 1. The van der Waals surface area contributed by atoms with Crippen molar-refractivity contribution in [3.8, 4) is 0 Å². The highest BCUT2D eigenvalue weighted by Gasteiger charge is 2.58. The van der Waals surface area contributed by atoms with Crippen LogP contribution in [0.25, 0.3) is 0 Å². The third-order valence-corrected chi connectivity index (χ3v) is 7.20. The van der Waals surface area contributed by atoms with Gasteiger partial charge in [-0.1, -0.05) is 0 Å². The Bertz CT molecular complexity index is 771. The first-order valence-electron chi connectivity index (χ1n) is 8.53. The van der Waals surface area contributed by atoms with Gasteiger partial charge >= 0.3 is 0 Å². The molecular formula is C18H19ClN2O2S. The van der Waals surface area contributed by atoms with Crippen molar-refractivity contribution in [2.75, 3.05) is 5.32 Å². The minimum atomic E-state index is -0.250. The van der Waals surface area contributed by atoms with Gasteiger partial charge in [0.2, 0.25) is 0 Å². The molecule has 6 rings (SSSR count). The van der Waals surface area contributed by atoms with Gasteiger partial charge < -0.3 is 4.42 Å².